The van der Waals surface area contributed by atoms with E-state index in [1.165, 1.54) is 5.56 Å². The van der Waals surface area contributed by atoms with Crippen LogP contribution in [0.4, 0.5) is 11.4 Å². The molecule has 2 aromatic carbocycles. The van der Waals surface area contributed by atoms with Crippen LogP contribution in [0.1, 0.15) is 5.56 Å². The van der Waals surface area contributed by atoms with Gasteiger partial charge in [0.2, 0.25) is 0 Å². The zero-order valence-corrected chi connectivity index (χ0v) is 13.8. The molecule has 1 N–H and O–H groups in total. The van der Waals surface area contributed by atoms with Crippen molar-refractivity contribution in [3.05, 3.63) is 47.0 Å². The maximum absolute atomic E-state index is 6.19. The minimum atomic E-state index is 0.521. The van der Waals surface area contributed by atoms with E-state index in [0.717, 1.165) is 22.3 Å². The molecule has 3 rings (SSSR count). The molecule has 2 aromatic rings. The predicted octanol–water partition coefficient (Wildman–Crippen LogP) is 4.70. The van der Waals surface area contributed by atoms with Gasteiger partial charge in [0.05, 0.1) is 30.6 Å². The monoisotopic (exact) mass is 334 g/mol. The molecule has 1 aliphatic heterocycles. The Labute approximate surface area is 138 Å². The number of halogens is 1. The normalized spacial score (nSPS) is 13.1. The number of aliphatic imine (C=N–C) groups is 1. The number of amidine groups is 1. The van der Waals surface area contributed by atoms with Gasteiger partial charge in [0.1, 0.15) is 11.5 Å². The summed E-state index contributed by atoms with van der Waals surface area (Å²) >= 11 is 7.83. The lowest BCUT2D eigenvalue weighted by atomic mass is 10.2. The number of methoxy groups -OCH3 is 2. The number of nitrogens with one attached hydrogen (secondary N) is 1. The first-order valence-electron chi connectivity index (χ1n) is 6.69. The molecule has 0 radical (unpaired) electrons. The number of para-hydroxylation sites is 1. The molecule has 0 fully saturated rings. The third kappa shape index (κ3) is 3.00. The van der Waals surface area contributed by atoms with Crippen LogP contribution in [-0.2, 0) is 5.75 Å². The van der Waals surface area contributed by atoms with Crippen LogP contribution < -0.4 is 14.8 Å². The van der Waals surface area contributed by atoms with Crippen molar-refractivity contribution in [3.63, 3.8) is 0 Å². The number of ether oxygens (including phenoxy) is 2. The van der Waals surface area contributed by atoms with Gasteiger partial charge in [-0.2, -0.15) is 0 Å². The van der Waals surface area contributed by atoms with E-state index < -0.39 is 0 Å². The van der Waals surface area contributed by atoms with Crippen molar-refractivity contribution in [1.82, 2.24) is 0 Å². The Morgan fingerprint density at radius 3 is 2.68 bits per heavy atom. The lowest BCUT2D eigenvalue weighted by molar-refractivity contribution is 0.396. The molecule has 0 atom stereocenters. The molecule has 114 valence electrons. The number of thioether (sulfide) groups is 1. The average molecular weight is 335 g/mol. The molecular formula is C16H15ClN2O2S. The van der Waals surface area contributed by atoms with E-state index in [9.17, 15) is 0 Å². The highest BCUT2D eigenvalue weighted by atomic mass is 35.5. The second kappa shape index (κ2) is 6.50. The Bertz CT molecular complexity index is 734. The van der Waals surface area contributed by atoms with Gasteiger partial charge in [-0.3, -0.25) is 0 Å². The van der Waals surface area contributed by atoms with Gasteiger partial charge in [-0.1, -0.05) is 41.6 Å². The summed E-state index contributed by atoms with van der Waals surface area (Å²) in [6, 6.07) is 11.7. The summed E-state index contributed by atoms with van der Waals surface area (Å²) in [5.74, 6) is 2.12. The molecule has 1 aliphatic rings. The first-order valence-corrected chi connectivity index (χ1v) is 8.05. The number of hydrogen-bond acceptors (Lipinski definition) is 5. The van der Waals surface area contributed by atoms with Crippen molar-refractivity contribution in [2.45, 2.75) is 5.75 Å². The average Bonchev–Trinajstić information content (AvgIpc) is 2.55. The molecule has 0 bridgehead atoms. The topological polar surface area (TPSA) is 42.9 Å². The van der Waals surface area contributed by atoms with Crippen molar-refractivity contribution in [1.29, 1.82) is 0 Å². The summed E-state index contributed by atoms with van der Waals surface area (Å²) in [6.07, 6.45) is 0. The van der Waals surface area contributed by atoms with E-state index in [1.807, 2.05) is 18.2 Å². The Morgan fingerprint density at radius 2 is 1.91 bits per heavy atom. The van der Waals surface area contributed by atoms with Crippen LogP contribution in [0.2, 0.25) is 5.02 Å². The summed E-state index contributed by atoms with van der Waals surface area (Å²) in [5.41, 5.74) is 2.99. The summed E-state index contributed by atoms with van der Waals surface area (Å²) in [6.45, 7) is 0. The highest BCUT2D eigenvalue weighted by molar-refractivity contribution is 8.13. The third-order valence-corrected chi connectivity index (χ3v) is 4.51. The van der Waals surface area contributed by atoms with Gasteiger partial charge in [0.15, 0.2) is 5.17 Å². The van der Waals surface area contributed by atoms with Crippen LogP contribution in [-0.4, -0.2) is 19.4 Å². The zero-order valence-electron chi connectivity index (χ0n) is 12.2. The van der Waals surface area contributed by atoms with Gasteiger partial charge in [0.25, 0.3) is 0 Å². The molecule has 1 heterocycles. The second-order valence-corrected chi connectivity index (χ2v) is 6.02. The van der Waals surface area contributed by atoms with Gasteiger partial charge < -0.3 is 14.8 Å². The summed E-state index contributed by atoms with van der Waals surface area (Å²) < 4.78 is 10.6. The minimum absolute atomic E-state index is 0.521. The van der Waals surface area contributed by atoms with E-state index >= 15 is 0 Å². The van der Waals surface area contributed by atoms with Gasteiger partial charge in [0, 0.05) is 11.8 Å². The van der Waals surface area contributed by atoms with Crippen molar-refractivity contribution in [2.24, 2.45) is 4.99 Å². The van der Waals surface area contributed by atoms with Crippen LogP contribution in [0.15, 0.2) is 41.4 Å². The molecule has 0 aliphatic carbocycles. The fraction of sp³-hybridized carbons (Fsp3) is 0.188. The fourth-order valence-corrected chi connectivity index (χ4v) is 3.29. The number of fused-ring (bicyclic) bond motifs is 1. The van der Waals surface area contributed by atoms with Crippen LogP contribution in [0.25, 0.3) is 0 Å². The summed E-state index contributed by atoms with van der Waals surface area (Å²) in [7, 11) is 3.19. The molecule has 0 unspecified atom stereocenters. The Balaban J connectivity index is 1.91. The molecule has 6 heteroatoms. The van der Waals surface area contributed by atoms with Crippen molar-refractivity contribution < 1.29 is 9.47 Å². The Kier molecular flexibility index (Phi) is 4.45. The molecule has 0 saturated heterocycles. The molecule has 0 spiro atoms. The maximum atomic E-state index is 6.19. The number of rotatable bonds is 3. The fourth-order valence-electron chi connectivity index (χ4n) is 2.17. The van der Waals surface area contributed by atoms with E-state index in [4.69, 9.17) is 21.1 Å². The van der Waals surface area contributed by atoms with Crippen LogP contribution in [0, 0.1) is 0 Å². The van der Waals surface area contributed by atoms with Gasteiger partial charge in [-0.25, -0.2) is 4.99 Å². The van der Waals surface area contributed by atoms with Crippen molar-refractivity contribution in [3.8, 4) is 11.5 Å². The molecule has 0 saturated carbocycles. The smallest absolute Gasteiger partial charge is 0.166 e. The zero-order chi connectivity index (χ0) is 15.5. The van der Waals surface area contributed by atoms with E-state index in [0.29, 0.717) is 16.5 Å². The molecule has 22 heavy (non-hydrogen) atoms. The lowest BCUT2D eigenvalue weighted by Crippen LogP contribution is -2.11. The first kappa shape index (κ1) is 15.1. The van der Waals surface area contributed by atoms with Crippen LogP contribution >= 0.6 is 23.4 Å². The maximum Gasteiger partial charge on any atom is 0.166 e. The van der Waals surface area contributed by atoms with Crippen LogP contribution in [0.3, 0.4) is 0 Å². The quantitative estimate of drug-likeness (QED) is 0.883. The number of nitrogens with zero attached hydrogens (tertiary/aromatic N) is 1. The Morgan fingerprint density at radius 1 is 1.14 bits per heavy atom. The van der Waals surface area contributed by atoms with E-state index in [2.05, 4.69) is 16.4 Å². The Hall–Kier alpha value is -1.85. The molecule has 0 aromatic heterocycles. The van der Waals surface area contributed by atoms with Crippen molar-refractivity contribution in [2.75, 3.05) is 19.5 Å². The van der Waals surface area contributed by atoms with Gasteiger partial charge in [-0.15, -0.1) is 0 Å². The summed E-state index contributed by atoms with van der Waals surface area (Å²) in [5, 5.41) is 4.62. The number of benzene rings is 2. The van der Waals surface area contributed by atoms with Gasteiger partial charge in [-0.05, 0) is 17.7 Å². The highest BCUT2D eigenvalue weighted by Crippen LogP contribution is 2.38. The van der Waals surface area contributed by atoms with Crippen molar-refractivity contribution >= 4 is 39.9 Å². The van der Waals surface area contributed by atoms with Gasteiger partial charge >= 0.3 is 0 Å². The van der Waals surface area contributed by atoms with E-state index in [1.54, 1.807) is 38.1 Å². The third-order valence-electron chi connectivity index (χ3n) is 3.29. The molecular weight excluding hydrogens is 320 g/mol. The lowest BCUT2D eigenvalue weighted by Gasteiger charge is -2.18. The SMILES string of the molecule is COc1cc(OC)c(NC2=Nc3ccccc3CS2)cc1Cl. The summed E-state index contributed by atoms with van der Waals surface area (Å²) in [4.78, 5) is 4.63. The highest BCUT2D eigenvalue weighted by Gasteiger charge is 2.15. The number of anilines is 1. The van der Waals surface area contributed by atoms with Crippen LogP contribution in [0.5, 0.6) is 11.5 Å². The standard InChI is InChI=1S/C16H15ClN2O2S/c1-20-14-8-15(21-2)13(7-11(14)17)19-16-18-12-6-4-3-5-10(12)9-22-16/h3-8H,9H2,1-2H3,(H,18,19). The number of hydrogen-bond donors (Lipinski definition) is 1. The minimum Gasteiger partial charge on any atom is -0.495 e. The second-order valence-electron chi connectivity index (χ2n) is 4.65. The predicted molar refractivity (Wildman–Crippen MR) is 93.0 cm³/mol. The molecule has 0 amide bonds. The molecule has 4 nitrogen and oxygen atoms in total. The van der Waals surface area contributed by atoms with E-state index in [-0.39, 0.29) is 0 Å². The largest absolute Gasteiger partial charge is 0.495 e. The first-order chi connectivity index (χ1) is 10.7.